The maximum Gasteiger partial charge on any atom is 0.318 e. The number of likely N-dealkylation sites (tertiary alicyclic amines) is 1. The van der Waals surface area contributed by atoms with Crippen molar-refractivity contribution in [1.29, 1.82) is 5.26 Å². The van der Waals surface area contributed by atoms with E-state index < -0.39 is 16.7 Å². The smallest absolute Gasteiger partial charge is 0.318 e. The van der Waals surface area contributed by atoms with E-state index in [1.807, 2.05) is 18.2 Å². The van der Waals surface area contributed by atoms with Gasteiger partial charge in [-0.15, -0.1) is 0 Å². The average Bonchev–Trinajstić information content (AvgIpc) is 3.55. The van der Waals surface area contributed by atoms with Gasteiger partial charge in [0.15, 0.2) is 10.7 Å². The van der Waals surface area contributed by atoms with Crippen LogP contribution >= 0.6 is 0 Å². The summed E-state index contributed by atoms with van der Waals surface area (Å²) >= 11 is 0. The molecule has 2 aliphatic rings. The maximum atomic E-state index is 12.7. The molecule has 3 amide bonds. The average molecular weight is 419 g/mol. The Morgan fingerprint density at radius 3 is 2.34 bits per heavy atom. The predicted molar refractivity (Wildman–Crippen MR) is 107 cm³/mol. The second kappa shape index (κ2) is 9.74. The van der Waals surface area contributed by atoms with E-state index in [0.29, 0.717) is 30.3 Å². The lowest BCUT2D eigenvalue weighted by Crippen LogP contribution is -2.52. The molecular formula is C20H26N4O4S. The van der Waals surface area contributed by atoms with E-state index in [9.17, 15) is 18.0 Å². The number of nitrogens with zero attached hydrogens (tertiary/aromatic N) is 2. The first-order valence-electron chi connectivity index (χ1n) is 9.92. The fraction of sp³-hybridized carbons (Fsp3) is 0.550. The van der Waals surface area contributed by atoms with Crippen LogP contribution in [0.4, 0.5) is 4.79 Å². The largest absolute Gasteiger partial charge is 0.341 e. The van der Waals surface area contributed by atoms with E-state index >= 15 is 0 Å². The van der Waals surface area contributed by atoms with Crippen molar-refractivity contribution in [3.05, 3.63) is 29.8 Å². The number of amides is 3. The SMILES string of the molecule is N#CCNC(=O)C(CC1CC1)NC(=O)N1CCC(c2ccc([SH](=O)=O)cc2)CC1. The van der Waals surface area contributed by atoms with Crippen molar-refractivity contribution >= 4 is 22.6 Å². The fourth-order valence-corrected chi connectivity index (χ4v) is 4.09. The molecule has 1 aromatic carbocycles. The van der Waals surface area contributed by atoms with Gasteiger partial charge in [-0.25, -0.2) is 13.2 Å². The van der Waals surface area contributed by atoms with E-state index in [0.717, 1.165) is 31.2 Å². The molecule has 1 saturated heterocycles. The third kappa shape index (κ3) is 5.94. The van der Waals surface area contributed by atoms with Crippen LogP contribution in [0.25, 0.3) is 0 Å². The topological polar surface area (TPSA) is 119 Å². The summed E-state index contributed by atoms with van der Waals surface area (Å²) in [5, 5.41) is 14.0. The zero-order valence-electron chi connectivity index (χ0n) is 16.2. The van der Waals surface area contributed by atoms with Gasteiger partial charge in [-0.05, 0) is 48.8 Å². The Hall–Kier alpha value is -2.60. The highest BCUT2D eigenvalue weighted by atomic mass is 32.2. The van der Waals surface area contributed by atoms with Crippen molar-refractivity contribution in [3.63, 3.8) is 0 Å². The molecule has 0 aromatic heterocycles. The lowest BCUT2D eigenvalue weighted by Gasteiger charge is -2.33. The molecule has 1 aliphatic carbocycles. The van der Waals surface area contributed by atoms with Crippen molar-refractivity contribution in [2.75, 3.05) is 19.6 Å². The molecule has 1 saturated carbocycles. The molecule has 2 fully saturated rings. The maximum absolute atomic E-state index is 12.7. The summed E-state index contributed by atoms with van der Waals surface area (Å²) in [6, 6.07) is 7.93. The Morgan fingerprint density at radius 2 is 1.79 bits per heavy atom. The molecule has 0 radical (unpaired) electrons. The van der Waals surface area contributed by atoms with Crippen molar-refractivity contribution in [3.8, 4) is 6.07 Å². The van der Waals surface area contributed by atoms with Gasteiger partial charge in [0.1, 0.15) is 12.6 Å². The number of carbonyl (C=O) groups excluding carboxylic acids is 2. The number of nitrogens with one attached hydrogen (secondary N) is 2. The lowest BCUT2D eigenvalue weighted by molar-refractivity contribution is -0.123. The first-order chi connectivity index (χ1) is 14.0. The summed E-state index contributed by atoms with van der Waals surface area (Å²) in [4.78, 5) is 26.9. The summed E-state index contributed by atoms with van der Waals surface area (Å²) in [5.74, 6) is 0.434. The number of thiol groups is 1. The van der Waals surface area contributed by atoms with Crippen molar-refractivity contribution in [2.24, 2.45) is 5.92 Å². The normalized spacial score (nSPS) is 18.1. The number of piperidine rings is 1. The van der Waals surface area contributed by atoms with E-state index in [-0.39, 0.29) is 24.4 Å². The van der Waals surface area contributed by atoms with Crippen LogP contribution in [0, 0.1) is 17.2 Å². The summed E-state index contributed by atoms with van der Waals surface area (Å²) < 4.78 is 22.0. The Labute approximate surface area is 172 Å². The molecule has 3 rings (SSSR count). The quantitative estimate of drug-likeness (QED) is 0.456. The van der Waals surface area contributed by atoms with Crippen LogP contribution in [0.15, 0.2) is 29.2 Å². The predicted octanol–water partition coefficient (Wildman–Crippen LogP) is 1.35. The number of urea groups is 1. The standard InChI is InChI=1S/C20H26N4O4S/c21-9-10-22-19(25)18(13-14-1-2-14)23-20(26)24-11-7-16(8-12-24)15-3-5-17(6-4-15)29(27)28/h3-6,14,16,18,29H,1-2,7-8,10-13H2,(H,22,25)(H,23,26). The Morgan fingerprint density at radius 1 is 1.14 bits per heavy atom. The molecule has 1 aliphatic heterocycles. The molecule has 29 heavy (non-hydrogen) atoms. The highest BCUT2D eigenvalue weighted by molar-refractivity contribution is 7.72. The van der Waals surface area contributed by atoms with Crippen LogP contribution in [0.3, 0.4) is 0 Å². The minimum atomic E-state index is -2.57. The van der Waals surface area contributed by atoms with Gasteiger partial charge in [0.2, 0.25) is 5.91 Å². The number of nitriles is 1. The summed E-state index contributed by atoms with van der Waals surface area (Å²) in [6.45, 7) is 1.08. The van der Waals surface area contributed by atoms with Crippen LogP contribution < -0.4 is 10.6 Å². The minimum Gasteiger partial charge on any atom is -0.341 e. The second-order valence-corrected chi connectivity index (χ2v) is 8.70. The molecule has 1 atom stereocenters. The van der Waals surface area contributed by atoms with Gasteiger partial charge in [-0.3, -0.25) is 4.79 Å². The highest BCUT2D eigenvalue weighted by Gasteiger charge is 2.32. The van der Waals surface area contributed by atoms with E-state index in [1.165, 1.54) is 0 Å². The van der Waals surface area contributed by atoms with Gasteiger partial charge >= 0.3 is 6.03 Å². The Bertz CT molecular complexity index is 842. The van der Waals surface area contributed by atoms with Gasteiger partial charge < -0.3 is 15.5 Å². The summed E-state index contributed by atoms with van der Waals surface area (Å²) in [7, 11) is -2.57. The third-order valence-corrected chi connectivity index (χ3v) is 6.30. The number of hydrogen-bond acceptors (Lipinski definition) is 5. The van der Waals surface area contributed by atoms with Gasteiger partial charge in [0, 0.05) is 13.1 Å². The second-order valence-electron chi connectivity index (χ2n) is 7.67. The number of benzene rings is 1. The number of hydrogen-bond donors (Lipinski definition) is 3. The zero-order valence-corrected chi connectivity index (χ0v) is 17.1. The van der Waals surface area contributed by atoms with Gasteiger partial charge in [0.25, 0.3) is 0 Å². The van der Waals surface area contributed by atoms with Crippen molar-refractivity contribution < 1.29 is 18.0 Å². The molecule has 8 nitrogen and oxygen atoms in total. The van der Waals surface area contributed by atoms with Crippen LogP contribution in [-0.4, -0.2) is 50.9 Å². The highest BCUT2D eigenvalue weighted by Crippen LogP contribution is 2.34. The van der Waals surface area contributed by atoms with Crippen LogP contribution in [0.2, 0.25) is 0 Å². The molecule has 2 N–H and O–H groups in total. The molecule has 1 heterocycles. The van der Waals surface area contributed by atoms with Crippen LogP contribution in [0.5, 0.6) is 0 Å². The summed E-state index contributed by atoms with van der Waals surface area (Å²) in [6.07, 6.45) is 4.31. The summed E-state index contributed by atoms with van der Waals surface area (Å²) in [5.41, 5.74) is 1.08. The third-order valence-electron chi connectivity index (χ3n) is 5.58. The minimum absolute atomic E-state index is 0.0688. The van der Waals surface area contributed by atoms with Crippen LogP contribution in [-0.2, 0) is 15.5 Å². The molecule has 9 heteroatoms. The van der Waals surface area contributed by atoms with Crippen LogP contribution in [0.1, 0.15) is 43.6 Å². The fourth-order valence-electron chi connectivity index (χ4n) is 3.69. The lowest BCUT2D eigenvalue weighted by atomic mass is 9.89. The molecule has 156 valence electrons. The molecular weight excluding hydrogens is 392 g/mol. The van der Waals surface area contributed by atoms with Crippen molar-refractivity contribution in [1.82, 2.24) is 15.5 Å². The monoisotopic (exact) mass is 418 g/mol. The molecule has 0 spiro atoms. The van der Waals surface area contributed by atoms with E-state index in [1.54, 1.807) is 17.0 Å². The number of carbonyl (C=O) groups is 2. The zero-order chi connectivity index (χ0) is 20.8. The Kier molecular flexibility index (Phi) is 7.09. The first kappa shape index (κ1) is 21.1. The molecule has 0 bridgehead atoms. The van der Waals surface area contributed by atoms with Gasteiger partial charge in [0.05, 0.1) is 11.0 Å². The Balaban J connectivity index is 1.52. The molecule has 1 aromatic rings. The van der Waals surface area contributed by atoms with E-state index in [4.69, 9.17) is 5.26 Å². The molecule has 1 unspecified atom stereocenters. The number of rotatable bonds is 7. The van der Waals surface area contributed by atoms with Gasteiger partial charge in [-0.2, -0.15) is 5.26 Å². The van der Waals surface area contributed by atoms with Gasteiger partial charge in [-0.1, -0.05) is 25.0 Å². The van der Waals surface area contributed by atoms with Crippen molar-refractivity contribution in [2.45, 2.75) is 49.0 Å². The first-order valence-corrected chi connectivity index (χ1v) is 11.1. The van der Waals surface area contributed by atoms with E-state index in [2.05, 4.69) is 10.6 Å².